The van der Waals surface area contributed by atoms with Crippen molar-refractivity contribution in [2.45, 2.75) is 45.1 Å². The number of pyridine rings is 1. The predicted octanol–water partition coefficient (Wildman–Crippen LogP) is 5.44. The molecule has 4 rings (SSSR count). The average Bonchev–Trinajstić information content (AvgIpc) is 3.37. The number of carbonyl (C=O) groups is 2. The van der Waals surface area contributed by atoms with Crippen LogP contribution in [0, 0.1) is 11.8 Å². The number of Topliss-reactive ketones (excluding diaryl/α,β-unsaturated/α-hetero) is 1. The molecule has 0 unspecified atom stereocenters. The third-order valence-electron chi connectivity index (χ3n) is 6.33. The van der Waals surface area contributed by atoms with E-state index in [-0.39, 0.29) is 35.7 Å². The Labute approximate surface area is 194 Å². The van der Waals surface area contributed by atoms with Crippen molar-refractivity contribution < 1.29 is 18.7 Å². The lowest BCUT2D eigenvalue weighted by Crippen LogP contribution is -2.35. The zero-order valence-corrected chi connectivity index (χ0v) is 19.0. The second kappa shape index (κ2) is 10.9. The average molecular weight is 447 g/mol. The van der Waals surface area contributed by atoms with E-state index in [1.165, 1.54) is 6.42 Å². The number of rotatable bonds is 9. The number of nitrogens with zero attached hydrogens (tertiary/aromatic N) is 1. The molecule has 0 radical (unpaired) electrons. The lowest BCUT2D eigenvalue weighted by atomic mass is 9.77. The highest BCUT2D eigenvalue weighted by Gasteiger charge is 2.32. The van der Waals surface area contributed by atoms with Gasteiger partial charge in [-0.25, -0.2) is 4.98 Å². The number of aromatic nitrogens is 1. The molecule has 172 valence electrons. The van der Waals surface area contributed by atoms with Gasteiger partial charge in [0.15, 0.2) is 17.3 Å². The zero-order chi connectivity index (χ0) is 23.0. The van der Waals surface area contributed by atoms with Crippen molar-refractivity contribution in [2.24, 2.45) is 11.8 Å². The first kappa shape index (κ1) is 22.8. The number of hydrogen-bond acceptors (Lipinski definition) is 5. The highest BCUT2D eigenvalue weighted by molar-refractivity contribution is 5.97. The van der Waals surface area contributed by atoms with Crippen LogP contribution in [0.1, 0.15) is 54.6 Å². The van der Waals surface area contributed by atoms with E-state index >= 15 is 0 Å². The van der Waals surface area contributed by atoms with Crippen LogP contribution in [0.3, 0.4) is 0 Å². The number of ether oxygens (including phenoxy) is 1. The Kier molecular flexibility index (Phi) is 7.55. The Balaban J connectivity index is 1.39. The Morgan fingerprint density at radius 1 is 1.06 bits per heavy atom. The summed E-state index contributed by atoms with van der Waals surface area (Å²) >= 11 is 0. The first-order valence-electron chi connectivity index (χ1n) is 11.6. The summed E-state index contributed by atoms with van der Waals surface area (Å²) in [7, 11) is 1.63. The second-order valence-electron chi connectivity index (χ2n) is 8.56. The topological polar surface area (TPSA) is 81.4 Å². The first-order chi connectivity index (χ1) is 16.1. The molecular weight excluding hydrogens is 416 g/mol. The molecule has 1 atom stereocenters. The van der Waals surface area contributed by atoms with E-state index in [0.29, 0.717) is 23.8 Å². The van der Waals surface area contributed by atoms with Gasteiger partial charge in [0.05, 0.1) is 6.20 Å². The smallest absolute Gasteiger partial charge is 0.223 e. The molecule has 1 saturated carbocycles. The summed E-state index contributed by atoms with van der Waals surface area (Å²) in [6.07, 6.45) is 7.25. The van der Waals surface area contributed by atoms with Gasteiger partial charge < -0.3 is 14.5 Å². The van der Waals surface area contributed by atoms with E-state index in [1.807, 2.05) is 42.5 Å². The van der Waals surface area contributed by atoms with E-state index in [2.05, 4.69) is 10.3 Å². The fourth-order valence-corrected chi connectivity index (χ4v) is 4.47. The summed E-state index contributed by atoms with van der Waals surface area (Å²) in [6.45, 7) is 0.467. The van der Waals surface area contributed by atoms with Crippen LogP contribution in [0.25, 0.3) is 11.5 Å². The minimum Gasteiger partial charge on any atom is -0.487 e. The molecule has 6 heteroatoms. The number of hydrogen-bond donors (Lipinski definition) is 1. The number of amides is 1. The molecule has 1 aliphatic rings. The molecule has 1 aromatic carbocycles. The molecule has 3 aromatic rings. The molecule has 1 aliphatic carbocycles. The number of carbonyl (C=O) groups excluding carboxylic acids is 2. The largest absolute Gasteiger partial charge is 0.487 e. The lowest BCUT2D eigenvalue weighted by Gasteiger charge is -2.28. The standard InChI is InChI=1S/C27H30N2O4/c1-28-27(31)22(20-10-6-3-7-11-20)16-24(30)26-15-14-25(33-26)23-13-12-21(17-29-23)32-18-19-8-4-2-5-9-19/h2,4-5,8-9,12-15,17,20,22H,3,6-7,10-11,16,18H2,1H3,(H,28,31)/t22-/m0/s1. The molecule has 2 heterocycles. The lowest BCUT2D eigenvalue weighted by molar-refractivity contribution is -0.126. The molecule has 0 bridgehead atoms. The maximum absolute atomic E-state index is 12.9. The van der Waals surface area contributed by atoms with Crippen LogP contribution in [0.5, 0.6) is 5.75 Å². The Hall–Kier alpha value is -3.41. The molecule has 6 nitrogen and oxygen atoms in total. The van der Waals surface area contributed by atoms with Gasteiger partial charge in [-0.3, -0.25) is 9.59 Å². The zero-order valence-electron chi connectivity index (χ0n) is 19.0. The molecule has 1 amide bonds. The van der Waals surface area contributed by atoms with Crippen molar-refractivity contribution >= 4 is 11.7 Å². The first-order valence-corrected chi connectivity index (χ1v) is 11.6. The van der Waals surface area contributed by atoms with Gasteiger partial charge in [0.1, 0.15) is 18.1 Å². The maximum atomic E-state index is 12.9. The van der Waals surface area contributed by atoms with Crippen LogP contribution in [-0.2, 0) is 11.4 Å². The number of furan rings is 1. The molecule has 1 fully saturated rings. The van der Waals surface area contributed by atoms with Crippen LogP contribution in [0.15, 0.2) is 65.2 Å². The fourth-order valence-electron chi connectivity index (χ4n) is 4.47. The van der Waals surface area contributed by atoms with Gasteiger partial charge in [-0.2, -0.15) is 0 Å². The summed E-state index contributed by atoms with van der Waals surface area (Å²) in [6, 6.07) is 17.0. The predicted molar refractivity (Wildman–Crippen MR) is 126 cm³/mol. The van der Waals surface area contributed by atoms with Crippen molar-refractivity contribution in [3.63, 3.8) is 0 Å². The number of benzene rings is 1. The molecule has 33 heavy (non-hydrogen) atoms. The summed E-state index contributed by atoms with van der Waals surface area (Å²) in [4.78, 5) is 29.8. The Morgan fingerprint density at radius 3 is 2.55 bits per heavy atom. The van der Waals surface area contributed by atoms with Crippen LogP contribution < -0.4 is 10.1 Å². The van der Waals surface area contributed by atoms with Crippen LogP contribution >= 0.6 is 0 Å². The fraction of sp³-hybridized carbons (Fsp3) is 0.370. The Morgan fingerprint density at radius 2 is 1.85 bits per heavy atom. The quantitative estimate of drug-likeness (QED) is 0.443. The van der Waals surface area contributed by atoms with Crippen LogP contribution in [-0.4, -0.2) is 23.7 Å². The highest BCUT2D eigenvalue weighted by Crippen LogP contribution is 2.33. The van der Waals surface area contributed by atoms with Gasteiger partial charge >= 0.3 is 0 Å². The number of ketones is 1. The van der Waals surface area contributed by atoms with Crippen molar-refractivity contribution in [3.05, 3.63) is 72.1 Å². The van der Waals surface area contributed by atoms with Gasteiger partial charge in [0.25, 0.3) is 0 Å². The summed E-state index contributed by atoms with van der Waals surface area (Å²) in [5.41, 5.74) is 1.70. The van der Waals surface area contributed by atoms with Gasteiger partial charge in [-0.1, -0.05) is 49.6 Å². The minimum atomic E-state index is -0.310. The van der Waals surface area contributed by atoms with E-state index in [0.717, 1.165) is 31.2 Å². The molecule has 2 aromatic heterocycles. The van der Waals surface area contributed by atoms with Crippen LogP contribution in [0.2, 0.25) is 0 Å². The van der Waals surface area contributed by atoms with Crippen molar-refractivity contribution in [1.29, 1.82) is 0 Å². The molecule has 1 N–H and O–H groups in total. The van der Waals surface area contributed by atoms with Gasteiger partial charge in [0, 0.05) is 19.4 Å². The summed E-state index contributed by atoms with van der Waals surface area (Å²) < 4.78 is 11.6. The molecule has 0 aliphatic heterocycles. The third kappa shape index (κ3) is 5.89. The SMILES string of the molecule is CNC(=O)[C@@H](CC(=O)c1ccc(-c2ccc(OCc3ccccc3)cn2)o1)C1CCCCC1. The van der Waals surface area contributed by atoms with Crippen molar-refractivity contribution in [2.75, 3.05) is 7.05 Å². The summed E-state index contributed by atoms with van der Waals surface area (Å²) in [5.74, 6) is 1.17. The van der Waals surface area contributed by atoms with Gasteiger partial charge in [-0.15, -0.1) is 0 Å². The van der Waals surface area contributed by atoms with Gasteiger partial charge in [-0.05, 0) is 48.6 Å². The minimum absolute atomic E-state index is 0.0604. The monoisotopic (exact) mass is 446 g/mol. The summed E-state index contributed by atoms with van der Waals surface area (Å²) in [5, 5.41) is 2.73. The normalized spacial score (nSPS) is 15.1. The molecule has 0 saturated heterocycles. The molecular formula is C27H30N2O4. The Bertz CT molecular complexity index is 1050. The second-order valence-corrected chi connectivity index (χ2v) is 8.56. The maximum Gasteiger partial charge on any atom is 0.223 e. The highest BCUT2D eigenvalue weighted by atomic mass is 16.5. The van der Waals surface area contributed by atoms with E-state index in [4.69, 9.17) is 9.15 Å². The molecule has 0 spiro atoms. The van der Waals surface area contributed by atoms with E-state index < -0.39 is 0 Å². The van der Waals surface area contributed by atoms with E-state index in [1.54, 1.807) is 25.4 Å². The van der Waals surface area contributed by atoms with E-state index in [9.17, 15) is 9.59 Å². The van der Waals surface area contributed by atoms with Crippen molar-refractivity contribution in [1.82, 2.24) is 10.3 Å². The van der Waals surface area contributed by atoms with Crippen molar-refractivity contribution in [3.8, 4) is 17.2 Å². The van der Waals surface area contributed by atoms with Gasteiger partial charge in [0.2, 0.25) is 5.91 Å². The number of nitrogens with one attached hydrogen (secondary N) is 1. The van der Waals surface area contributed by atoms with Crippen LogP contribution in [0.4, 0.5) is 0 Å². The third-order valence-corrected chi connectivity index (χ3v) is 6.33.